The molecule has 0 bridgehead atoms. The van der Waals surface area contributed by atoms with Crippen molar-refractivity contribution in [2.75, 3.05) is 11.5 Å². The molecule has 0 amide bonds. The second-order valence-corrected chi connectivity index (χ2v) is 14.0. The molecule has 1 fully saturated rings. The second kappa shape index (κ2) is 4.98. The first-order valence-electron chi connectivity index (χ1n) is 5.80. The van der Waals surface area contributed by atoms with Crippen molar-refractivity contribution in [3.8, 4) is 0 Å². The lowest BCUT2D eigenvalue weighted by atomic mass is 10.2. The highest BCUT2D eigenvalue weighted by Gasteiger charge is 2.38. The van der Waals surface area contributed by atoms with Crippen LogP contribution >= 0.6 is 23.5 Å². The van der Waals surface area contributed by atoms with Crippen molar-refractivity contribution in [2.24, 2.45) is 0 Å². The normalized spacial score (nSPS) is 21.6. The smallest absolute Gasteiger partial charge is 0.249 e. The van der Waals surface area contributed by atoms with Crippen LogP contribution in [-0.4, -0.2) is 23.9 Å². The van der Waals surface area contributed by atoms with Crippen LogP contribution in [0.1, 0.15) is 27.7 Å². The van der Waals surface area contributed by atoms with Gasteiger partial charge in [-0.15, -0.1) is 23.5 Å². The SMILES string of the molecule is CC1(/C=C/O[Si](C)(C)C(C)(C)C)SCCS1. The molecule has 1 aliphatic rings. The molecule has 0 unspecified atom stereocenters. The average Bonchev–Trinajstić information content (AvgIpc) is 2.50. The van der Waals surface area contributed by atoms with E-state index in [1.807, 2.05) is 29.8 Å². The van der Waals surface area contributed by atoms with Crippen LogP contribution in [0, 0.1) is 0 Å². The molecule has 0 aromatic rings. The molecule has 0 aromatic heterocycles. The Morgan fingerprint density at radius 2 is 1.69 bits per heavy atom. The summed E-state index contributed by atoms with van der Waals surface area (Å²) in [6.07, 6.45) is 4.19. The number of thioether (sulfide) groups is 2. The van der Waals surface area contributed by atoms with Crippen molar-refractivity contribution in [3.05, 3.63) is 12.3 Å². The molecular formula is C12H24OS2Si. The third-order valence-corrected chi connectivity index (χ3v) is 10.9. The molecule has 94 valence electrons. The minimum atomic E-state index is -1.62. The van der Waals surface area contributed by atoms with Crippen molar-refractivity contribution in [2.45, 2.75) is 49.9 Å². The molecule has 16 heavy (non-hydrogen) atoms. The molecule has 1 aliphatic heterocycles. The first kappa shape index (κ1) is 14.5. The van der Waals surface area contributed by atoms with Crippen molar-refractivity contribution >= 4 is 31.8 Å². The maximum absolute atomic E-state index is 6.05. The van der Waals surface area contributed by atoms with Gasteiger partial charge in [-0.3, -0.25) is 0 Å². The Morgan fingerprint density at radius 3 is 2.12 bits per heavy atom. The maximum atomic E-state index is 6.05. The molecule has 0 radical (unpaired) electrons. The minimum Gasteiger partial charge on any atom is -0.549 e. The zero-order chi connectivity index (χ0) is 12.4. The Bertz CT molecular complexity index is 263. The van der Waals surface area contributed by atoms with Gasteiger partial charge in [0.2, 0.25) is 8.32 Å². The Morgan fingerprint density at radius 1 is 1.19 bits per heavy atom. The van der Waals surface area contributed by atoms with Gasteiger partial charge in [0, 0.05) is 11.5 Å². The predicted molar refractivity (Wildman–Crippen MR) is 80.7 cm³/mol. The van der Waals surface area contributed by atoms with E-state index in [4.69, 9.17) is 4.43 Å². The molecule has 1 rings (SSSR count). The monoisotopic (exact) mass is 276 g/mol. The zero-order valence-electron chi connectivity index (χ0n) is 11.3. The molecule has 1 heterocycles. The van der Waals surface area contributed by atoms with Crippen molar-refractivity contribution < 1.29 is 4.43 Å². The Hall–Kier alpha value is 0.457. The quantitative estimate of drug-likeness (QED) is 0.545. The van der Waals surface area contributed by atoms with Gasteiger partial charge in [0.15, 0.2) is 0 Å². The molecule has 0 atom stereocenters. The number of rotatable bonds is 3. The third kappa shape index (κ3) is 3.74. The Labute approximate surface area is 110 Å². The summed E-state index contributed by atoms with van der Waals surface area (Å²) in [6.45, 7) is 13.7. The van der Waals surface area contributed by atoms with Gasteiger partial charge in [0.25, 0.3) is 0 Å². The summed E-state index contributed by atoms with van der Waals surface area (Å²) in [5.74, 6) is 2.51. The molecular weight excluding hydrogens is 252 g/mol. The number of hydrogen-bond acceptors (Lipinski definition) is 3. The highest BCUT2D eigenvalue weighted by molar-refractivity contribution is 8.21. The molecule has 0 N–H and O–H groups in total. The fraction of sp³-hybridized carbons (Fsp3) is 0.833. The Kier molecular flexibility index (Phi) is 4.52. The van der Waals surface area contributed by atoms with E-state index in [1.54, 1.807) is 0 Å². The summed E-state index contributed by atoms with van der Waals surface area (Å²) in [7, 11) is -1.62. The van der Waals surface area contributed by atoms with Crippen molar-refractivity contribution in [3.63, 3.8) is 0 Å². The van der Waals surface area contributed by atoms with Gasteiger partial charge >= 0.3 is 0 Å². The molecule has 0 aliphatic carbocycles. The van der Waals surface area contributed by atoms with Crippen LogP contribution in [0.2, 0.25) is 18.1 Å². The minimum absolute atomic E-state index is 0.238. The van der Waals surface area contributed by atoms with Crippen molar-refractivity contribution in [1.29, 1.82) is 0 Å². The lowest BCUT2D eigenvalue weighted by molar-refractivity contribution is 0.428. The molecule has 4 heteroatoms. The lowest BCUT2D eigenvalue weighted by Crippen LogP contribution is -2.39. The van der Waals surface area contributed by atoms with E-state index in [0.717, 1.165) is 0 Å². The topological polar surface area (TPSA) is 9.23 Å². The first-order valence-corrected chi connectivity index (χ1v) is 10.7. The lowest BCUT2D eigenvalue weighted by Gasteiger charge is -2.35. The van der Waals surface area contributed by atoms with Gasteiger partial charge in [-0.1, -0.05) is 20.8 Å². The summed E-state index contributed by atoms with van der Waals surface area (Å²) in [5.41, 5.74) is 0. The summed E-state index contributed by atoms with van der Waals surface area (Å²) in [4.78, 5) is 0. The van der Waals surface area contributed by atoms with E-state index >= 15 is 0 Å². The van der Waals surface area contributed by atoms with Crippen LogP contribution in [-0.2, 0) is 4.43 Å². The number of hydrogen-bond donors (Lipinski definition) is 0. The van der Waals surface area contributed by atoms with Crippen LogP contribution in [0.25, 0.3) is 0 Å². The molecule has 0 spiro atoms. The summed E-state index contributed by atoms with van der Waals surface area (Å²) < 4.78 is 6.29. The maximum Gasteiger partial charge on any atom is 0.249 e. The van der Waals surface area contributed by atoms with E-state index in [-0.39, 0.29) is 9.12 Å². The van der Waals surface area contributed by atoms with E-state index in [0.29, 0.717) is 0 Å². The molecule has 0 saturated carbocycles. The van der Waals surface area contributed by atoms with Gasteiger partial charge in [-0.05, 0) is 31.1 Å². The van der Waals surface area contributed by atoms with Crippen molar-refractivity contribution in [1.82, 2.24) is 0 Å². The van der Waals surface area contributed by atoms with Gasteiger partial charge in [0.05, 0.1) is 10.3 Å². The van der Waals surface area contributed by atoms with E-state index in [1.165, 1.54) is 11.5 Å². The van der Waals surface area contributed by atoms with Crippen LogP contribution in [0.3, 0.4) is 0 Å². The Balaban J connectivity index is 2.54. The van der Waals surface area contributed by atoms with Crippen LogP contribution < -0.4 is 0 Å². The highest BCUT2D eigenvalue weighted by Crippen LogP contribution is 2.45. The van der Waals surface area contributed by atoms with E-state index in [9.17, 15) is 0 Å². The summed E-state index contributed by atoms with van der Waals surface area (Å²) >= 11 is 4.03. The standard InChI is InChI=1S/C12H24OS2Si/c1-11(2,3)16(5,6)13-8-7-12(4)14-9-10-15-12/h7-8H,9-10H2,1-6H3/b8-7+. The first-order chi connectivity index (χ1) is 7.16. The predicted octanol–water partition coefficient (Wildman–Crippen LogP) is 4.72. The molecule has 0 aromatic carbocycles. The highest BCUT2D eigenvalue weighted by atomic mass is 32.2. The van der Waals surface area contributed by atoms with Gasteiger partial charge in [0.1, 0.15) is 0 Å². The largest absolute Gasteiger partial charge is 0.549 e. The summed E-state index contributed by atoms with van der Waals surface area (Å²) in [6, 6.07) is 0. The van der Waals surface area contributed by atoms with E-state index in [2.05, 4.69) is 46.9 Å². The molecule has 1 saturated heterocycles. The van der Waals surface area contributed by atoms with Crippen LogP contribution in [0.4, 0.5) is 0 Å². The van der Waals surface area contributed by atoms with Gasteiger partial charge in [-0.25, -0.2) is 0 Å². The van der Waals surface area contributed by atoms with Gasteiger partial charge < -0.3 is 4.43 Å². The van der Waals surface area contributed by atoms with Crippen LogP contribution in [0.15, 0.2) is 12.3 Å². The zero-order valence-corrected chi connectivity index (χ0v) is 13.9. The third-order valence-electron chi connectivity index (χ3n) is 3.40. The summed E-state index contributed by atoms with van der Waals surface area (Å²) in [5, 5.41) is 0.286. The average molecular weight is 277 g/mol. The second-order valence-electron chi connectivity index (χ2n) is 5.89. The molecule has 1 nitrogen and oxygen atoms in total. The fourth-order valence-electron chi connectivity index (χ4n) is 1.13. The van der Waals surface area contributed by atoms with Crippen LogP contribution in [0.5, 0.6) is 0 Å². The fourth-order valence-corrected chi connectivity index (χ4v) is 4.51. The van der Waals surface area contributed by atoms with E-state index < -0.39 is 8.32 Å². The van der Waals surface area contributed by atoms with Gasteiger partial charge in [-0.2, -0.15) is 0 Å².